The lowest BCUT2D eigenvalue weighted by molar-refractivity contribution is 0.0900. The summed E-state index contributed by atoms with van der Waals surface area (Å²) in [6.07, 6.45) is 2.58. The van der Waals surface area contributed by atoms with E-state index in [0.29, 0.717) is 17.0 Å². The van der Waals surface area contributed by atoms with E-state index < -0.39 is 0 Å². The van der Waals surface area contributed by atoms with Crippen molar-refractivity contribution in [3.8, 4) is 0 Å². The second kappa shape index (κ2) is 6.16. The summed E-state index contributed by atoms with van der Waals surface area (Å²) < 4.78 is 5.69. The topological polar surface area (TPSA) is 47.3 Å². The molecule has 3 N–H and O–H groups in total. The van der Waals surface area contributed by atoms with Crippen molar-refractivity contribution in [3.05, 3.63) is 29.8 Å². The van der Waals surface area contributed by atoms with Crippen LogP contribution in [0.15, 0.2) is 24.3 Å². The molecule has 4 heteroatoms. The second-order valence-electron chi connectivity index (χ2n) is 4.66. The Morgan fingerprint density at radius 2 is 2.28 bits per heavy atom. The Morgan fingerprint density at radius 3 is 3.00 bits per heavy atom. The first-order valence-corrected chi connectivity index (χ1v) is 6.87. The van der Waals surface area contributed by atoms with Crippen LogP contribution in [0.4, 0.5) is 5.69 Å². The number of para-hydroxylation sites is 1. The van der Waals surface area contributed by atoms with Crippen LogP contribution >= 0.6 is 12.2 Å². The first-order chi connectivity index (χ1) is 8.72. The number of nitrogens with one attached hydrogen (secondary N) is 1. The lowest BCUT2D eigenvalue weighted by atomic mass is 9.99. The zero-order valence-electron chi connectivity index (χ0n) is 10.7. The molecule has 0 amide bonds. The van der Waals surface area contributed by atoms with Crippen LogP contribution < -0.4 is 11.1 Å². The molecule has 2 rings (SSSR count). The summed E-state index contributed by atoms with van der Waals surface area (Å²) >= 11 is 5.06. The van der Waals surface area contributed by atoms with Crippen LogP contribution in [0.3, 0.4) is 0 Å². The third-order valence-corrected chi connectivity index (χ3v) is 3.72. The highest BCUT2D eigenvalue weighted by Gasteiger charge is 2.26. The van der Waals surface area contributed by atoms with Crippen LogP contribution in [0.1, 0.15) is 25.3 Å². The van der Waals surface area contributed by atoms with Gasteiger partial charge in [-0.15, -0.1) is 0 Å². The Labute approximate surface area is 114 Å². The van der Waals surface area contributed by atoms with Gasteiger partial charge in [-0.2, -0.15) is 0 Å². The highest BCUT2D eigenvalue weighted by molar-refractivity contribution is 7.80. The van der Waals surface area contributed by atoms with Crippen LogP contribution in [-0.4, -0.2) is 24.2 Å². The lowest BCUT2D eigenvalue weighted by Crippen LogP contribution is -2.24. The van der Waals surface area contributed by atoms with E-state index in [-0.39, 0.29) is 0 Å². The summed E-state index contributed by atoms with van der Waals surface area (Å²) in [5, 5.41) is 3.45. The molecule has 1 aliphatic heterocycles. The predicted octanol–water partition coefficient (Wildman–Crippen LogP) is 2.55. The molecule has 1 heterocycles. The van der Waals surface area contributed by atoms with Crippen molar-refractivity contribution in [3.63, 3.8) is 0 Å². The summed E-state index contributed by atoms with van der Waals surface area (Å²) in [4.78, 5) is 0.438. The summed E-state index contributed by atoms with van der Waals surface area (Å²) in [5.74, 6) is 0.578. The normalized spacial score (nSPS) is 22.9. The fourth-order valence-corrected chi connectivity index (χ4v) is 2.65. The quantitative estimate of drug-likeness (QED) is 0.802. The number of nitrogens with two attached hydrogens (primary N) is 1. The largest absolute Gasteiger partial charge is 0.389 e. The molecular formula is C14H20N2OS. The smallest absolute Gasteiger partial charge is 0.106 e. The Hall–Kier alpha value is -1.13. The third kappa shape index (κ3) is 3.00. The van der Waals surface area contributed by atoms with Crippen molar-refractivity contribution in [2.24, 2.45) is 11.7 Å². The Bertz CT molecular complexity index is 422. The van der Waals surface area contributed by atoms with Crippen molar-refractivity contribution in [1.82, 2.24) is 0 Å². The van der Waals surface area contributed by atoms with E-state index in [1.54, 1.807) is 0 Å². The molecule has 98 valence electrons. The van der Waals surface area contributed by atoms with Crippen LogP contribution in [0.2, 0.25) is 0 Å². The maximum atomic E-state index is 5.72. The number of anilines is 1. The molecule has 0 radical (unpaired) electrons. The van der Waals surface area contributed by atoms with Crippen molar-refractivity contribution in [1.29, 1.82) is 0 Å². The van der Waals surface area contributed by atoms with E-state index in [1.165, 1.54) is 0 Å². The molecule has 0 aliphatic carbocycles. The summed E-state index contributed by atoms with van der Waals surface area (Å²) in [6.45, 7) is 3.96. The van der Waals surface area contributed by atoms with Gasteiger partial charge < -0.3 is 15.8 Å². The highest BCUT2D eigenvalue weighted by atomic mass is 32.1. The van der Waals surface area contributed by atoms with Gasteiger partial charge in [-0.3, -0.25) is 0 Å². The molecule has 2 atom stereocenters. The van der Waals surface area contributed by atoms with Crippen LogP contribution in [0, 0.1) is 5.92 Å². The van der Waals surface area contributed by atoms with Crippen LogP contribution in [0.25, 0.3) is 0 Å². The van der Waals surface area contributed by atoms with E-state index in [2.05, 4.69) is 12.2 Å². The third-order valence-electron chi connectivity index (χ3n) is 3.50. The fourth-order valence-electron chi connectivity index (χ4n) is 2.47. The average molecular weight is 264 g/mol. The maximum Gasteiger partial charge on any atom is 0.106 e. The van der Waals surface area contributed by atoms with Crippen molar-refractivity contribution in [2.75, 3.05) is 18.5 Å². The van der Waals surface area contributed by atoms with Crippen molar-refractivity contribution >= 4 is 22.9 Å². The van der Waals surface area contributed by atoms with Crippen molar-refractivity contribution < 1.29 is 4.74 Å². The number of hydrogen-bond acceptors (Lipinski definition) is 3. The van der Waals surface area contributed by atoms with E-state index in [1.807, 2.05) is 24.3 Å². The van der Waals surface area contributed by atoms with E-state index >= 15 is 0 Å². The number of thiocarbonyl (C=S) groups is 1. The minimum absolute atomic E-state index is 0.384. The van der Waals surface area contributed by atoms with Gasteiger partial charge in [-0.1, -0.05) is 31.3 Å². The second-order valence-corrected chi connectivity index (χ2v) is 5.10. The van der Waals surface area contributed by atoms with Gasteiger partial charge in [-0.25, -0.2) is 0 Å². The first-order valence-electron chi connectivity index (χ1n) is 6.46. The zero-order chi connectivity index (χ0) is 13.0. The number of rotatable bonds is 5. The summed E-state index contributed by atoms with van der Waals surface area (Å²) in [7, 11) is 0. The molecule has 0 aromatic heterocycles. The van der Waals surface area contributed by atoms with E-state index in [9.17, 15) is 0 Å². The van der Waals surface area contributed by atoms with Gasteiger partial charge >= 0.3 is 0 Å². The molecule has 1 aromatic carbocycles. The van der Waals surface area contributed by atoms with Gasteiger partial charge in [-0.05, 0) is 25.0 Å². The minimum atomic E-state index is 0.384. The number of benzene rings is 1. The standard InChI is InChI=1S/C14H20N2OS/c1-2-13-10(7-8-17-13)9-16-12-6-4-3-5-11(12)14(15)18/h3-6,10,13,16H,2,7-9H2,1H3,(H2,15,18). The number of ether oxygens (including phenoxy) is 1. The minimum Gasteiger partial charge on any atom is -0.389 e. The SMILES string of the molecule is CCC1OCCC1CNc1ccccc1C(N)=S. The highest BCUT2D eigenvalue weighted by Crippen LogP contribution is 2.24. The molecule has 1 fully saturated rings. The Morgan fingerprint density at radius 1 is 1.50 bits per heavy atom. The van der Waals surface area contributed by atoms with Gasteiger partial charge in [0.1, 0.15) is 4.99 Å². The zero-order valence-corrected chi connectivity index (χ0v) is 11.5. The van der Waals surface area contributed by atoms with Crippen molar-refractivity contribution in [2.45, 2.75) is 25.9 Å². The molecule has 0 saturated carbocycles. The molecule has 0 spiro atoms. The van der Waals surface area contributed by atoms with Gasteiger partial charge in [0, 0.05) is 30.3 Å². The van der Waals surface area contributed by atoms with E-state index in [4.69, 9.17) is 22.7 Å². The fraction of sp³-hybridized carbons (Fsp3) is 0.500. The van der Waals surface area contributed by atoms with Crippen LogP contribution in [-0.2, 0) is 4.74 Å². The van der Waals surface area contributed by atoms with Gasteiger partial charge in [0.2, 0.25) is 0 Å². The Kier molecular flexibility index (Phi) is 4.55. The first kappa shape index (κ1) is 13.3. The lowest BCUT2D eigenvalue weighted by Gasteiger charge is -2.19. The van der Waals surface area contributed by atoms with Gasteiger partial charge in [0.05, 0.1) is 6.10 Å². The molecule has 1 aromatic rings. The molecule has 3 nitrogen and oxygen atoms in total. The molecular weight excluding hydrogens is 244 g/mol. The van der Waals surface area contributed by atoms with E-state index in [0.717, 1.165) is 37.2 Å². The molecule has 1 saturated heterocycles. The average Bonchev–Trinajstić information content (AvgIpc) is 2.84. The van der Waals surface area contributed by atoms with Crippen LogP contribution in [0.5, 0.6) is 0 Å². The maximum absolute atomic E-state index is 5.72. The summed E-state index contributed by atoms with van der Waals surface area (Å²) in [6, 6.07) is 7.91. The molecule has 1 aliphatic rings. The Balaban J connectivity index is 2.00. The monoisotopic (exact) mass is 264 g/mol. The van der Waals surface area contributed by atoms with Gasteiger partial charge in [0.15, 0.2) is 0 Å². The van der Waals surface area contributed by atoms with Gasteiger partial charge in [0.25, 0.3) is 0 Å². The molecule has 18 heavy (non-hydrogen) atoms. The summed E-state index contributed by atoms with van der Waals surface area (Å²) in [5.41, 5.74) is 7.65. The molecule has 2 unspecified atom stereocenters. The number of hydrogen-bond donors (Lipinski definition) is 2. The predicted molar refractivity (Wildman–Crippen MR) is 79.0 cm³/mol. The molecule has 0 bridgehead atoms.